The second-order valence-corrected chi connectivity index (χ2v) is 6.76. The number of aromatic nitrogens is 4. The molecule has 0 N–H and O–H groups in total. The summed E-state index contributed by atoms with van der Waals surface area (Å²) in [5, 5.41) is 4.04. The zero-order valence-corrected chi connectivity index (χ0v) is 15.3. The fraction of sp³-hybridized carbons (Fsp3) is 0.316. The summed E-state index contributed by atoms with van der Waals surface area (Å²) in [6, 6.07) is 7.97. The molecule has 0 bridgehead atoms. The molecule has 2 heterocycles. The number of ether oxygens (including phenoxy) is 1. The lowest BCUT2D eigenvalue weighted by atomic mass is 10.2. The van der Waals surface area contributed by atoms with Gasteiger partial charge in [-0.05, 0) is 48.9 Å². The minimum atomic E-state index is -2.87. The quantitative estimate of drug-likeness (QED) is 0.555. The van der Waals surface area contributed by atoms with E-state index in [0.717, 1.165) is 17.6 Å². The van der Waals surface area contributed by atoms with Crippen LogP contribution in [0, 0.1) is 0 Å². The summed E-state index contributed by atoms with van der Waals surface area (Å²) in [4.78, 5) is 9.74. The first-order valence-corrected chi connectivity index (χ1v) is 8.84. The molecule has 152 valence electrons. The predicted octanol–water partition coefficient (Wildman–Crippen LogP) is 3.95. The number of fused-ring (bicyclic) bond motifs is 1. The van der Waals surface area contributed by atoms with Crippen LogP contribution in [0.2, 0.25) is 0 Å². The van der Waals surface area contributed by atoms with E-state index in [0.29, 0.717) is 12.2 Å². The molecule has 3 aromatic rings. The fourth-order valence-electron chi connectivity index (χ4n) is 3.24. The lowest BCUT2D eigenvalue weighted by molar-refractivity contribution is -0.0499. The molecular formula is C19H17F4N5O. The Morgan fingerprint density at radius 3 is 2.86 bits per heavy atom. The van der Waals surface area contributed by atoms with Gasteiger partial charge in [-0.25, -0.2) is 13.8 Å². The zero-order valence-electron chi connectivity index (χ0n) is 15.3. The van der Waals surface area contributed by atoms with Crippen molar-refractivity contribution in [2.45, 2.75) is 32.0 Å². The smallest absolute Gasteiger partial charge is 0.387 e. The van der Waals surface area contributed by atoms with Crippen LogP contribution < -0.4 is 4.74 Å². The van der Waals surface area contributed by atoms with Crippen LogP contribution in [0.3, 0.4) is 0 Å². The molecule has 0 saturated heterocycles. The number of rotatable bonds is 7. The van der Waals surface area contributed by atoms with Crippen LogP contribution in [0.15, 0.2) is 42.2 Å². The van der Waals surface area contributed by atoms with Gasteiger partial charge in [-0.2, -0.15) is 23.4 Å². The van der Waals surface area contributed by atoms with Crippen LogP contribution in [-0.2, 0) is 6.54 Å². The van der Waals surface area contributed by atoms with Gasteiger partial charge in [0.1, 0.15) is 17.8 Å². The Labute approximate surface area is 163 Å². The van der Waals surface area contributed by atoms with Crippen LogP contribution in [0.25, 0.3) is 11.9 Å². The van der Waals surface area contributed by atoms with Gasteiger partial charge in [0.05, 0.1) is 5.69 Å². The predicted molar refractivity (Wildman–Crippen MR) is 96.7 cm³/mol. The van der Waals surface area contributed by atoms with E-state index < -0.39 is 13.0 Å². The van der Waals surface area contributed by atoms with Crippen molar-refractivity contribution in [1.29, 1.82) is 0 Å². The van der Waals surface area contributed by atoms with Crippen LogP contribution in [0.5, 0.6) is 5.75 Å². The molecule has 2 aromatic heterocycles. The molecule has 1 saturated carbocycles. The zero-order chi connectivity index (χ0) is 20.5. The molecule has 1 atom stereocenters. The van der Waals surface area contributed by atoms with Crippen molar-refractivity contribution in [3.8, 4) is 5.75 Å². The molecule has 1 aromatic carbocycles. The van der Waals surface area contributed by atoms with Crippen molar-refractivity contribution in [1.82, 2.24) is 24.5 Å². The van der Waals surface area contributed by atoms with Crippen molar-refractivity contribution in [2.24, 2.45) is 0 Å². The average molecular weight is 407 g/mol. The Bertz CT molecular complexity index is 1050. The van der Waals surface area contributed by atoms with Gasteiger partial charge in [0.15, 0.2) is 0 Å². The average Bonchev–Trinajstić information content (AvgIpc) is 3.25. The molecule has 0 radical (unpaired) electrons. The van der Waals surface area contributed by atoms with E-state index in [2.05, 4.69) is 24.7 Å². The number of alkyl halides is 4. The summed E-state index contributed by atoms with van der Waals surface area (Å²) in [5.41, 5.74) is 2.02. The van der Waals surface area contributed by atoms with E-state index >= 15 is 0 Å². The molecule has 4 rings (SSSR count). The second-order valence-electron chi connectivity index (χ2n) is 6.76. The Balaban J connectivity index is 1.49. The lowest BCUT2D eigenvalue weighted by Crippen LogP contribution is -2.20. The van der Waals surface area contributed by atoms with Crippen molar-refractivity contribution < 1.29 is 22.3 Å². The van der Waals surface area contributed by atoms with Gasteiger partial charge >= 0.3 is 6.61 Å². The van der Waals surface area contributed by atoms with Gasteiger partial charge in [0, 0.05) is 12.6 Å². The third-order valence-corrected chi connectivity index (χ3v) is 4.64. The summed E-state index contributed by atoms with van der Waals surface area (Å²) < 4.78 is 56.8. The van der Waals surface area contributed by atoms with E-state index in [9.17, 15) is 17.6 Å². The molecule has 29 heavy (non-hydrogen) atoms. The van der Waals surface area contributed by atoms with Crippen molar-refractivity contribution in [3.63, 3.8) is 0 Å². The fourth-order valence-corrected chi connectivity index (χ4v) is 3.24. The monoisotopic (exact) mass is 407 g/mol. The molecule has 0 aliphatic heterocycles. The van der Waals surface area contributed by atoms with Crippen LogP contribution in [0.1, 0.15) is 29.8 Å². The summed E-state index contributed by atoms with van der Waals surface area (Å²) in [5.74, 6) is 0.235. The Morgan fingerprint density at radius 2 is 2.10 bits per heavy atom. The highest BCUT2D eigenvalue weighted by atomic mass is 19.3. The lowest BCUT2D eigenvalue weighted by Gasteiger charge is -2.16. The standard InChI is InChI=1S/C19H17F4N5O/c1-27(9-11-3-2-4-14(5-11)29-18(22)23)16-7-12(16)6-13-8-15(17(20)21)26-19-24-10-25-28(13)19/h2-6,8,10,16-18H,7,9H2,1H3/b12-6-/t16-/m0/s1. The maximum Gasteiger partial charge on any atom is 0.387 e. The highest BCUT2D eigenvalue weighted by molar-refractivity contribution is 5.59. The SMILES string of the molecule is CN(Cc1cccc(OC(F)F)c1)[C@H]1C/C1=C/c1cc(C(F)F)nc2ncnn12. The Kier molecular flexibility index (Phi) is 5.18. The third kappa shape index (κ3) is 4.37. The maximum absolute atomic E-state index is 13.1. The Hall–Kier alpha value is -3.01. The first-order chi connectivity index (χ1) is 13.9. The highest BCUT2D eigenvalue weighted by Gasteiger charge is 2.33. The normalized spacial score (nSPS) is 17.8. The summed E-state index contributed by atoms with van der Waals surface area (Å²) >= 11 is 0. The van der Waals surface area contributed by atoms with E-state index in [1.807, 2.05) is 19.2 Å². The topological polar surface area (TPSA) is 55.5 Å². The van der Waals surface area contributed by atoms with Gasteiger partial charge in [0.2, 0.25) is 0 Å². The molecular weight excluding hydrogens is 390 g/mol. The molecule has 1 aliphatic rings. The van der Waals surface area contributed by atoms with Crippen LogP contribution in [0.4, 0.5) is 17.6 Å². The minimum absolute atomic E-state index is 0.113. The van der Waals surface area contributed by atoms with E-state index in [-0.39, 0.29) is 23.3 Å². The van der Waals surface area contributed by atoms with Gasteiger partial charge in [0.25, 0.3) is 12.2 Å². The summed E-state index contributed by atoms with van der Waals surface area (Å²) in [6.07, 6.45) is 1.15. The molecule has 1 fully saturated rings. The van der Waals surface area contributed by atoms with Crippen molar-refractivity contribution >= 4 is 11.9 Å². The summed E-state index contributed by atoms with van der Waals surface area (Å²) in [7, 11) is 1.91. The van der Waals surface area contributed by atoms with Crippen LogP contribution in [-0.4, -0.2) is 44.2 Å². The van der Waals surface area contributed by atoms with Crippen LogP contribution >= 0.6 is 0 Å². The number of hydrogen-bond donors (Lipinski definition) is 0. The molecule has 0 amide bonds. The number of hydrogen-bond acceptors (Lipinski definition) is 5. The highest BCUT2D eigenvalue weighted by Crippen LogP contribution is 2.37. The Morgan fingerprint density at radius 1 is 1.28 bits per heavy atom. The number of nitrogens with zero attached hydrogens (tertiary/aromatic N) is 5. The van der Waals surface area contributed by atoms with Gasteiger partial charge in [-0.1, -0.05) is 12.1 Å². The third-order valence-electron chi connectivity index (χ3n) is 4.64. The molecule has 0 spiro atoms. The second kappa shape index (κ2) is 7.78. The maximum atomic E-state index is 13.1. The van der Waals surface area contributed by atoms with Gasteiger partial charge in [-0.3, -0.25) is 4.90 Å². The minimum Gasteiger partial charge on any atom is -0.435 e. The van der Waals surface area contributed by atoms with Crippen molar-refractivity contribution in [2.75, 3.05) is 7.05 Å². The number of likely N-dealkylation sites (N-methyl/N-ethyl adjacent to an activating group) is 1. The summed E-state index contributed by atoms with van der Waals surface area (Å²) in [6.45, 7) is -2.34. The molecule has 0 unspecified atom stereocenters. The molecule has 10 heteroatoms. The van der Waals surface area contributed by atoms with Gasteiger partial charge < -0.3 is 4.74 Å². The van der Waals surface area contributed by atoms with E-state index in [1.165, 1.54) is 23.0 Å². The first kappa shape index (κ1) is 19.3. The first-order valence-electron chi connectivity index (χ1n) is 8.84. The van der Waals surface area contributed by atoms with E-state index in [1.54, 1.807) is 12.1 Å². The largest absolute Gasteiger partial charge is 0.435 e. The number of benzene rings is 1. The van der Waals surface area contributed by atoms with Crippen molar-refractivity contribution in [3.05, 3.63) is 59.2 Å². The molecule has 6 nitrogen and oxygen atoms in total. The molecule has 1 aliphatic carbocycles. The van der Waals surface area contributed by atoms with Gasteiger partial charge in [-0.15, -0.1) is 0 Å². The number of halogens is 4. The van der Waals surface area contributed by atoms with E-state index in [4.69, 9.17) is 0 Å².